The highest BCUT2D eigenvalue weighted by molar-refractivity contribution is 7.86. The van der Waals surface area contributed by atoms with Crippen molar-refractivity contribution < 1.29 is 17.9 Å². The Kier molecular flexibility index (Phi) is 7.07. The van der Waals surface area contributed by atoms with Crippen LogP contribution in [-0.4, -0.2) is 68.4 Å². The second kappa shape index (κ2) is 7.92. The lowest BCUT2D eigenvalue weighted by Gasteiger charge is -2.39. The highest BCUT2D eigenvalue weighted by Gasteiger charge is 2.37. The van der Waals surface area contributed by atoms with Crippen LogP contribution in [0.4, 0.5) is 0 Å². The number of carbonyl (C=O) groups excluding carboxylic acids is 1. The number of carbonyl (C=O) groups is 1. The van der Waals surface area contributed by atoms with Crippen molar-refractivity contribution in [1.29, 1.82) is 0 Å². The molecule has 0 aromatic carbocycles. The molecule has 0 bridgehead atoms. The molecule has 2 heterocycles. The van der Waals surface area contributed by atoms with Crippen LogP contribution in [0.5, 0.6) is 0 Å². The molecule has 2 aliphatic rings. The topological polar surface area (TPSA) is 79.0 Å². The average molecular weight is 356 g/mol. The second-order valence-electron chi connectivity index (χ2n) is 5.99. The van der Waals surface area contributed by atoms with Crippen molar-refractivity contribution in [3.05, 3.63) is 0 Å². The van der Waals surface area contributed by atoms with Crippen molar-refractivity contribution in [3.63, 3.8) is 0 Å². The molecule has 2 unspecified atom stereocenters. The molecule has 130 valence electrons. The van der Waals surface area contributed by atoms with Crippen LogP contribution >= 0.6 is 12.4 Å². The monoisotopic (exact) mass is 355 g/mol. The first-order valence-electron chi connectivity index (χ1n) is 7.43. The Morgan fingerprint density at radius 1 is 1.09 bits per heavy atom. The maximum Gasteiger partial charge on any atom is 0.308 e. The fraction of sp³-hybridized carbons (Fsp3) is 0.923. The third kappa shape index (κ3) is 4.32. The van der Waals surface area contributed by atoms with Crippen LogP contribution in [0.25, 0.3) is 0 Å². The summed E-state index contributed by atoms with van der Waals surface area (Å²) < 4.78 is 33.2. The number of piperazine rings is 1. The molecule has 2 fully saturated rings. The fourth-order valence-corrected chi connectivity index (χ4v) is 4.94. The molecule has 0 amide bonds. The van der Waals surface area contributed by atoms with Crippen LogP contribution in [0.2, 0.25) is 0 Å². The van der Waals surface area contributed by atoms with Gasteiger partial charge in [-0.05, 0) is 26.7 Å². The molecule has 0 aromatic heterocycles. The summed E-state index contributed by atoms with van der Waals surface area (Å²) in [7, 11) is -2.06. The summed E-state index contributed by atoms with van der Waals surface area (Å²) in [5.74, 6) is -0.418. The maximum atomic E-state index is 12.7. The van der Waals surface area contributed by atoms with Gasteiger partial charge in [-0.1, -0.05) is 0 Å². The second-order valence-corrected chi connectivity index (χ2v) is 7.92. The lowest BCUT2D eigenvalue weighted by Crippen LogP contribution is -2.59. The Labute approximate surface area is 139 Å². The molecule has 0 aliphatic carbocycles. The lowest BCUT2D eigenvalue weighted by molar-refractivity contribution is -0.146. The van der Waals surface area contributed by atoms with Crippen molar-refractivity contribution in [2.24, 2.45) is 5.92 Å². The van der Waals surface area contributed by atoms with E-state index in [-0.39, 0.29) is 36.4 Å². The first kappa shape index (κ1) is 19.6. The van der Waals surface area contributed by atoms with E-state index in [1.807, 2.05) is 13.8 Å². The standard InChI is InChI=1S/C13H25N3O4S.ClH/c1-10-8-16(9-11(2)14-10)21(18,19)15-6-4-12(5-7-15)13(17)20-3;/h10-12,14H,4-9H2,1-3H3;1H. The molecular formula is C13H26ClN3O4S. The molecule has 2 rings (SSSR count). The zero-order valence-corrected chi connectivity index (χ0v) is 15.0. The molecule has 9 heteroatoms. The minimum absolute atomic E-state index is 0. The highest BCUT2D eigenvalue weighted by atomic mass is 35.5. The van der Waals surface area contributed by atoms with Crippen molar-refractivity contribution in [3.8, 4) is 0 Å². The van der Waals surface area contributed by atoms with E-state index in [1.54, 1.807) is 4.31 Å². The summed E-state index contributed by atoms with van der Waals surface area (Å²) in [6, 6.07) is 0.298. The number of nitrogens with one attached hydrogen (secondary N) is 1. The van der Waals surface area contributed by atoms with Crippen LogP contribution in [0.3, 0.4) is 0 Å². The van der Waals surface area contributed by atoms with Gasteiger partial charge in [0.05, 0.1) is 13.0 Å². The van der Waals surface area contributed by atoms with Gasteiger partial charge in [-0.25, -0.2) is 0 Å². The van der Waals surface area contributed by atoms with Crippen LogP contribution in [0.1, 0.15) is 26.7 Å². The Bertz CT molecular complexity index is 470. The van der Waals surface area contributed by atoms with Crippen LogP contribution in [0.15, 0.2) is 0 Å². The highest BCUT2D eigenvalue weighted by Crippen LogP contribution is 2.23. The molecule has 2 aliphatic heterocycles. The number of hydrogen-bond acceptors (Lipinski definition) is 5. The number of halogens is 1. The first-order valence-corrected chi connectivity index (χ1v) is 8.83. The number of ether oxygens (including phenoxy) is 1. The summed E-state index contributed by atoms with van der Waals surface area (Å²) in [5.41, 5.74) is 0. The van der Waals surface area contributed by atoms with Crippen molar-refractivity contribution in [2.75, 3.05) is 33.3 Å². The summed E-state index contributed by atoms with van der Waals surface area (Å²) in [4.78, 5) is 11.5. The van der Waals surface area contributed by atoms with Gasteiger partial charge in [-0.3, -0.25) is 4.79 Å². The SMILES string of the molecule is COC(=O)C1CCN(S(=O)(=O)N2CC(C)NC(C)C2)CC1.Cl. The predicted octanol–water partition coefficient (Wildman–Crippen LogP) is 0.220. The number of esters is 1. The van der Waals surface area contributed by atoms with Crippen molar-refractivity contribution in [2.45, 2.75) is 38.8 Å². The molecule has 2 saturated heterocycles. The molecule has 0 saturated carbocycles. The summed E-state index contributed by atoms with van der Waals surface area (Å²) in [6.07, 6.45) is 1.06. The third-order valence-electron chi connectivity index (χ3n) is 4.17. The van der Waals surface area contributed by atoms with E-state index in [9.17, 15) is 13.2 Å². The lowest BCUT2D eigenvalue weighted by atomic mass is 9.99. The Morgan fingerprint density at radius 3 is 2.05 bits per heavy atom. The molecule has 0 spiro atoms. The van der Waals surface area contributed by atoms with Gasteiger partial charge >= 0.3 is 5.97 Å². The van der Waals surface area contributed by atoms with Crippen molar-refractivity contribution >= 4 is 28.6 Å². The molecule has 1 N–H and O–H groups in total. The van der Waals surface area contributed by atoms with Gasteiger partial charge in [0.2, 0.25) is 0 Å². The third-order valence-corrected chi connectivity index (χ3v) is 6.13. The summed E-state index contributed by atoms with van der Waals surface area (Å²) >= 11 is 0. The average Bonchev–Trinajstić information content (AvgIpc) is 2.45. The number of hydrogen-bond donors (Lipinski definition) is 1. The van der Waals surface area contributed by atoms with Gasteiger partial charge in [0.15, 0.2) is 0 Å². The minimum atomic E-state index is -3.43. The van der Waals surface area contributed by atoms with Gasteiger partial charge < -0.3 is 10.1 Å². The summed E-state index contributed by atoms with van der Waals surface area (Å²) in [6.45, 7) is 5.72. The predicted molar refractivity (Wildman–Crippen MR) is 86.1 cm³/mol. The van der Waals surface area contributed by atoms with Gasteiger partial charge in [-0.15, -0.1) is 12.4 Å². The van der Waals surface area contributed by atoms with Crippen LogP contribution < -0.4 is 5.32 Å². The molecule has 22 heavy (non-hydrogen) atoms. The number of nitrogens with zero attached hydrogens (tertiary/aromatic N) is 2. The normalized spacial score (nSPS) is 28.9. The van der Waals surface area contributed by atoms with E-state index in [2.05, 4.69) is 5.32 Å². The number of methoxy groups -OCH3 is 1. The Hall–Kier alpha value is -0.410. The van der Waals surface area contributed by atoms with Gasteiger partial charge in [0.1, 0.15) is 0 Å². The van der Waals surface area contributed by atoms with E-state index in [0.29, 0.717) is 39.0 Å². The zero-order chi connectivity index (χ0) is 15.6. The Balaban J connectivity index is 0.00000242. The fourth-order valence-electron chi connectivity index (χ4n) is 3.12. The van der Waals surface area contributed by atoms with Crippen LogP contribution in [-0.2, 0) is 19.7 Å². The quantitative estimate of drug-likeness (QED) is 0.733. The van der Waals surface area contributed by atoms with Gasteiger partial charge in [0.25, 0.3) is 10.2 Å². The molecule has 2 atom stereocenters. The van der Waals surface area contributed by atoms with E-state index >= 15 is 0 Å². The number of rotatable bonds is 3. The molecule has 7 nitrogen and oxygen atoms in total. The minimum Gasteiger partial charge on any atom is -0.469 e. The zero-order valence-electron chi connectivity index (χ0n) is 13.3. The van der Waals surface area contributed by atoms with E-state index < -0.39 is 10.2 Å². The van der Waals surface area contributed by atoms with E-state index in [0.717, 1.165) is 0 Å². The van der Waals surface area contributed by atoms with Gasteiger partial charge in [0, 0.05) is 38.3 Å². The van der Waals surface area contributed by atoms with E-state index in [4.69, 9.17) is 4.74 Å². The van der Waals surface area contributed by atoms with Crippen molar-refractivity contribution in [1.82, 2.24) is 13.9 Å². The number of piperidine rings is 1. The maximum absolute atomic E-state index is 12.7. The Morgan fingerprint density at radius 2 is 1.59 bits per heavy atom. The smallest absolute Gasteiger partial charge is 0.308 e. The molecule has 0 radical (unpaired) electrons. The summed E-state index contributed by atoms with van der Waals surface area (Å²) in [5, 5.41) is 3.33. The van der Waals surface area contributed by atoms with Crippen LogP contribution in [0, 0.1) is 5.92 Å². The molecular weight excluding hydrogens is 330 g/mol. The molecule has 0 aromatic rings. The largest absolute Gasteiger partial charge is 0.469 e. The van der Waals surface area contributed by atoms with E-state index in [1.165, 1.54) is 11.4 Å². The first-order chi connectivity index (χ1) is 9.84. The van der Waals surface area contributed by atoms with Gasteiger partial charge in [-0.2, -0.15) is 17.0 Å².